The summed E-state index contributed by atoms with van der Waals surface area (Å²) in [7, 11) is 0. The van der Waals surface area contributed by atoms with Crippen LogP contribution in [0.3, 0.4) is 0 Å². The van der Waals surface area contributed by atoms with E-state index in [1.54, 1.807) is 4.90 Å². The number of carbonyl (C=O) groups is 1. The Morgan fingerprint density at radius 3 is 2.50 bits per heavy atom. The maximum atomic E-state index is 11.3. The molecule has 1 fully saturated rings. The third kappa shape index (κ3) is 2.03. The smallest absolute Gasteiger partial charge is 0.258 e. The minimum absolute atomic E-state index is 0.116. The highest BCUT2D eigenvalue weighted by molar-refractivity contribution is 6.57. The molecule has 1 N–H and O–H groups in total. The van der Waals surface area contributed by atoms with Crippen molar-refractivity contribution in [2.75, 3.05) is 19.7 Å². The van der Waals surface area contributed by atoms with Crippen molar-refractivity contribution in [2.24, 2.45) is 5.92 Å². The Labute approximate surface area is 81.2 Å². The summed E-state index contributed by atoms with van der Waals surface area (Å²) in [4.78, 5) is 12.8. The number of aliphatic hydroxyl groups excluding tert-OH is 1. The first-order valence-electron chi connectivity index (χ1n) is 3.73. The lowest BCUT2D eigenvalue weighted by molar-refractivity contribution is -0.138. The minimum Gasteiger partial charge on any atom is -0.396 e. The van der Waals surface area contributed by atoms with Crippen molar-refractivity contribution in [2.45, 2.75) is 11.3 Å². The van der Waals surface area contributed by atoms with Crippen LogP contribution >= 0.6 is 23.2 Å². The summed E-state index contributed by atoms with van der Waals surface area (Å²) in [5.41, 5.74) is 0. The Morgan fingerprint density at radius 1 is 1.67 bits per heavy atom. The zero-order valence-electron chi connectivity index (χ0n) is 6.76. The molecule has 0 bridgehead atoms. The Bertz CT molecular complexity index is 184. The molecule has 3 nitrogen and oxygen atoms in total. The average molecular weight is 212 g/mol. The van der Waals surface area contributed by atoms with Crippen LogP contribution in [-0.4, -0.2) is 39.9 Å². The number of hydrogen-bond donors (Lipinski definition) is 1. The second-order valence-electron chi connectivity index (χ2n) is 3.15. The van der Waals surface area contributed by atoms with Crippen molar-refractivity contribution < 1.29 is 9.90 Å². The van der Waals surface area contributed by atoms with Gasteiger partial charge in [-0.25, -0.2) is 0 Å². The molecular formula is C7H11Cl2NO2. The Hall–Kier alpha value is 0.01000. The molecule has 0 aromatic rings. The van der Waals surface area contributed by atoms with E-state index in [9.17, 15) is 4.79 Å². The van der Waals surface area contributed by atoms with Crippen molar-refractivity contribution in [3.05, 3.63) is 0 Å². The van der Waals surface area contributed by atoms with Crippen LogP contribution in [0.5, 0.6) is 0 Å². The maximum absolute atomic E-state index is 11.3. The van der Waals surface area contributed by atoms with Crippen LogP contribution in [0.2, 0.25) is 0 Å². The summed E-state index contributed by atoms with van der Waals surface area (Å²) in [6, 6.07) is 0. The van der Waals surface area contributed by atoms with Gasteiger partial charge in [0.25, 0.3) is 5.91 Å². The molecule has 1 rings (SSSR count). The normalized spacial score (nSPS) is 19.2. The molecule has 1 aliphatic rings. The van der Waals surface area contributed by atoms with Crippen molar-refractivity contribution >= 4 is 29.1 Å². The molecule has 1 aliphatic heterocycles. The fourth-order valence-electron chi connectivity index (χ4n) is 1.13. The Morgan fingerprint density at radius 2 is 2.17 bits per heavy atom. The molecule has 70 valence electrons. The highest BCUT2D eigenvalue weighted by Crippen LogP contribution is 2.26. The summed E-state index contributed by atoms with van der Waals surface area (Å²) in [6.07, 6.45) is 0. The van der Waals surface area contributed by atoms with E-state index < -0.39 is 4.33 Å². The van der Waals surface area contributed by atoms with Gasteiger partial charge in [0.1, 0.15) is 0 Å². The number of halogens is 2. The van der Waals surface area contributed by atoms with Crippen LogP contribution in [0.15, 0.2) is 0 Å². The molecule has 12 heavy (non-hydrogen) atoms. The van der Waals surface area contributed by atoms with Crippen LogP contribution in [0.1, 0.15) is 6.92 Å². The van der Waals surface area contributed by atoms with Crippen LogP contribution in [0.4, 0.5) is 0 Å². The lowest BCUT2D eigenvalue weighted by atomic mass is 10.0. The van der Waals surface area contributed by atoms with Crippen LogP contribution < -0.4 is 0 Å². The van der Waals surface area contributed by atoms with E-state index in [4.69, 9.17) is 28.3 Å². The minimum atomic E-state index is -1.33. The Kier molecular flexibility index (Phi) is 2.86. The van der Waals surface area contributed by atoms with Gasteiger partial charge in [0.05, 0.1) is 0 Å². The van der Waals surface area contributed by atoms with Crippen LogP contribution in [-0.2, 0) is 4.79 Å². The van der Waals surface area contributed by atoms with Gasteiger partial charge in [-0.1, -0.05) is 23.2 Å². The monoisotopic (exact) mass is 211 g/mol. The number of aliphatic hydroxyl groups is 1. The van der Waals surface area contributed by atoms with E-state index in [1.807, 2.05) is 0 Å². The molecule has 0 aromatic carbocycles. The summed E-state index contributed by atoms with van der Waals surface area (Å²) in [6.45, 7) is 2.69. The van der Waals surface area contributed by atoms with Crippen molar-refractivity contribution in [1.29, 1.82) is 0 Å². The SMILES string of the molecule is CC(Cl)(Cl)C(=O)N1CC(CO)C1. The predicted molar refractivity (Wildman–Crippen MR) is 47.3 cm³/mol. The summed E-state index contributed by atoms with van der Waals surface area (Å²) in [5, 5.41) is 8.68. The lowest BCUT2D eigenvalue weighted by Crippen LogP contribution is -2.55. The van der Waals surface area contributed by atoms with Gasteiger partial charge in [-0.15, -0.1) is 0 Å². The van der Waals surface area contributed by atoms with E-state index >= 15 is 0 Å². The number of nitrogens with zero attached hydrogens (tertiary/aromatic N) is 1. The first-order valence-corrected chi connectivity index (χ1v) is 4.49. The standard InChI is InChI=1S/C7H11Cl2NO2/c1-7(8,9)6(12)10-2-5(3-10)4-11/h5,11H,2-4H2,1H3. The van der Waals surface area contributed by atoms with Gasteiger partial charge in [-0.3, -0.25) is 4.79 Å². The van der Waals surface area contributed by atoms with Gasteiger partial charge in [0, 0.05) is 25.6 Å². The molecule has 1 saturated heterocycles. The number of carbonyl (C=O) groups excluding carboxylic acids is 1. The molecule has 0 unspecified atom stereocenters. The molecule has 1 heterocycles. The first kappa shape index (κ1) is 10.1. The quantitative estimate of drug-likeness (QED) is 0.682. The number of alkyl halides is 2. The van der Waals surface area contributed by atoms with Gasteiger partial charge < -0.3 is 10.0 Å². The molecule has 0 spiro atoms. The molecule has 0 saturated carbocycles. The van der Waals surface area contributed by atoms with Gasteiger partial charge >= 0.3 is 0 Å². The summed E-state index contributed by atoms with van der Waals surface area (Å²) >= 11 is 11.2. The molecule has 0 aromatic heterocycles. The van der Waals surface area contributed by atoms with Gasteiger partial charge in [-0.05, 0) is 6.92 Å². The Balaban J connectivity index is 2.39. The van der Waals surface area contributed by atoms with E-state index in [0.29, 0.717) is 13.1 Å². The maximum Gasteiger partial charge on any atom is 0.258 e. The lowest BCUT2D eigenvalue weighted by Gasteiger charge is -2.40. The predicted octanol–water partition coefficient (Wildman–Crippen LogP) is 0.631. The topological polar surface area (TPSA) is 40.5 Å². The summed E-state index contributed by atoms with van der Waals surface area (Å²) in [5.74, 6) is -0.0832. The molecule has 0 aliphatic carbocycles. The number of hydrogen-bond acceptors (Lipinski definition) is 2. The van der Waals surface area contributed by atoms with Crippen molar-refractivity contribution in [1.82, 2.24) is 4.90 Å². The van der Waals surface area contributed by atoms with Crippen LogP contribution in [0.25, 0.3) is 0 Å². The molecular weight excluding hydrogens is 201 g/mol. The van der Waals surface area contributed by atoms with Gasteiger partial charge in [0.2, 0.25) is 0 Å². The highest BCUT2D eigenvalue weighted by Gasteiger charge is 2.38. The number of amides is 1. The van der Waals surface area contributed by atoms with Crippen LogP contribution in [0, 0.1) is 5.92 Å². The zero-order chi connectivity index (χ0) is 9.35. The largest absolute Gasteiger partial charge is 0.396 e. The van der Waals surface area contributed by atoms with Crippen molar-refractivity contribution in [3.8, 4) is 0 Å². The molecule has 0 atom stereocenters. The molecule has 5 heteroatoms. The van der Waals surface area contributed by atoms with Gasteiger partial charge in [0.15, 0.2) is 4.33 Å². The first-order chi connectivity index (χ1) is 5.45. The second kappa shape index (κ2) is 3.40. The highest BCUT2D eigenvalue weighted by atomic mass is 35.5. The third-order valence-corrected chi connectivity index (χ3v) is 2.20. The zero-order valence-corrected chi connectivity index (χ0v) is 8.27. The second-order valence-corrected chi connectivity index (χ2v) is 4.85. The number of likely N-dealkylation sites (tertiary alicyclic amines) is 1. The fraction of sp³-hybridized carbons (Fsp3) is 0.857. The fourth-order valence-corrected chi connectivity index (χ4v) is 1.37. The number of rotatable bonds is 2. The van der Waals surface area contributed by atoms with Gasteiger partial charge in [-0.2, -0.15) is 0 Å². The van der Waals surface area contributed by atoms with E-state index in [-0.39, 0.29) is 18.4 Å². The molecule has 1 amide bonds. The van der Waals surface area contributed by atoms with E-state index in [2.05, 4.69) is 0 Å². The molecule has 0 radical (unpaired) electrons. The summed E-state index contributed by atoms with van der Waals surface area (Å²) < 4.78 is -1.33. The van der Waals surface area contributed by atoms with Crippen molar-refractivity contribution in [3.63, 3.8) is 0 Å². The van der Waals surface area contributed by atoms with E-state index in [0.717, 1.165) is 0 Å². The average Bonchev–Trinajstić information content (AvgIpc) is 1.83. The van der Waals surface area contributed by atoms with E-state index in [1.165, 1.54) is 6.92 Å². The third-order valence-electron chi connectivity index (χ3n) is 1.88.